The Labute approximate surface area is 135 Å². The van der Waals surface area contributed by atoms with E-state index < -0.39 is 0 Å². The van der Waals surface area contributed by atoms with Crippen LogP contribution in [0.2, 0.25) is 0 Å². The maximum absolute atomic E-state index is 11.7. The zero-order valence-electron chi connectivity index (χ0n) is 13.1. The SMILES string of the molecule is COc1ccc(-c2cc(C(C)=O)ccc2-c2ccccn2)cc1. The molecule has 0 saturated heterocycles. The molecule has 0 saturated carbocycles. The molecule has 0 atom stereocenters. The minimum absolute atomic E-state index is 0.0485. The molecule has 0 fully saturated rings. The van der Waals surface area contributed by atoms with Gasteiger partial charge in [-0.1, -0.05) is 30.3 Å². The first-order chi connectivity index (χ1) is 11.2. The van der Waals surface area contributed by atoms with Gasteiger partial charge >= 0.3 is 0 Å². The molecule has 3 rings (SSSR count). The Kier molecular flexibility index (Phi) is 4.20. The van der Waals surface area contributed by atoms with Crippen LogP contribution in [0.5, 0.6) is 5.75 Å². The standard InChI is InChI=1S/C20H17NO2/c1-14(22)16-8-11-18(20-5-3-4-12-21-20)19(13-16)15-6-9-17(23-2)10-7-15/h3-13H,1-2H3. The summed E-state index contributed by atoms with van der Waals surface area (Å²) in [6.45, 7) is 1.58. The van der Waals surface area contributed by atoms with Gasteiger partial charge in [-0.15, -0.1) is 0 Å². The van der Waals surface area contributed by atoms with Gasteiger partial charge in [-0.2, -0.15) is 0 Å². The van der Waals surface area contributed by atoms with Crippen molar-refractivity contribution in [2.24, 2.45) is 0 Å². The molecule has 1 heterocycles. The van der Waals surface area contributed by atoms with Crippen LogP contribution in [0.1, 0.15) is 17.3 Å². The highest BCUT2D eigenvalue weighted by molar-refractivity contribution is 5.97. The second-order valence-corrected chi connectivity index (χ2v) is 5.26. The molecule has 0 N–H and O–H groups in total. The van der Waals surface area contributed by atoms with Crippen molar-refractivity contribution >= 4 is 5.78 Å². The molecule has 0 aliphatic heterocycles. The molecule has 3 nitrogen and oxygen atoms in total. The molecule has 2 aromatic carbocycles. The van der Waals surface area contributed by atoms with Crippen LogP contribution in [0.3, 0.4) is 0 Å². The zero-order valence-corrected chi connectivity index (χ0v) is 13.1. The van der Waals surface area contributed by atoms with E-state index in [0.717, 1.165) is 28.1 Å². The van der Waals surface area contributed by atoms with Gasteiger partial charge < -0.3 is 4.74 Å². The van der Waals surface area contributed by atoms with Crippen LogP contribution < -0.4 is 4.74 Å². The first-order valence-corrected chi connectivity index (χ1v) is 7.40. The van der Waals surface area contributed by atoms with Crippen LogP contribution >= 0.6 is 0 Å². The van der Waals surface area contributed by atoms with Crippen molar-refractivity contribution in [3.8, 4) is 28.1 Å². The van der Waals surface area contributed by atoms with Crippen molar-refractivity contribution in [3.05, 3.63) is 72.4 Å². The molecule has 0 unspecified atom stereocenters. The van der Waals surface area contributed by atoms with E-state index in [1.807, 2.05) is 60.7 Å². The molecule has 23 heavy (non-hydrogen) atoms. The van der Waals surface area contributed by atoms with Gasteiger partial charge in [-0.25, -0.2) is 0 Å². The van der Waals surface area contributed by atoms with Crippen LogP contribution in [0.4, 0.5) is 0 Å². The van der Waals surface area contributed by atoms with Crippen LogP contribution in [0.15, 0.2) is 66.9 Å². The maximum atomic E-state index is 11.7. The van der Waals surface area contributed by atoms with Gasteiger partial charge in [0, 0.05) is 17.3 Å². The lowest BCUT2D eigenvalue weighted by atomic mass is 9.94. The Morgan fingerprint density at radius 3 is 2.35 bits per heavy atom. The Morgan fingerprint density at radius 2 is 1.74 bits per heavy atom. The van der Waals surface area contributed by atoms with Crippen molar-refractivity contribution in [1.82, 2.24) is 4.98 Å². The largest absolute Gasteiger partial charge is 0.497 e. The predicted molar refractivity (Wildman–Crippen MR) is 91.7 cm³/mol. The smallest absolute Gasteiger partial charge is 0.159 e. The quantitative estimate of drug-likeness (QED) is 0.660. The van der Waals surface area contributed by atoms with E-state index in [9.17, 15) is 4.79 Å². The van der Waals surface area contributed by atoms with Crippen LogP contribution in [-0.2, 0) is 0 Å². The fourth-order valence-electron chi connectivity index (χ4n) is 2.52. The summed E-state index contributed by atoms with van der Waals surface area (Å²) in [5.41, 5.74) is 4.58. The molecular weight excluding hydrogens is 286 g/mol. The third-order valence-electron chi connectivity index (χ3n) is 3.77. The lowest BCUT2D eigenvalue weighted by molar-refractivity contribution is 0.101. The van der Waals surface area contributed by atoms with E-state index in [4.69, 9.17) is 4.74 Å². The summed E-state index contributed by atoms with van der Waals surface area (Å²) in [6, 6.07) is 19.4. The molecule has 114 valence electrons. The van der Waals surface area contributed by atoms with E-state index in [1.54, 1.807) is 20.2 Å². The summed E-state index contributed by atoms with van der Waals surface area (Å²) in [5, 5.41) is 0. The number of ether oxygens (including phenoxy) is 1. The fraction of sp³-hybridized carbons (Fsp3) is 0.100. The summed E-state index contributed by atoms with van der Waals surface area (Å²) in [7, 11) is 1.64. The second-order valence-electron chi connectivity index (χ2n) is 5.26. The van der Waals surface area contributed by atoms with E-state index in [0.29, 0.717) is 5.56 Å². The van der Waals surface area contributed by atoms with Gasteiger partial charge in [0.1, 0.15) is 5.75 Å². The molecule has 0 radical (unpaired) electrons. The van der Waals surface area contributed by atoms with Crippen molar-refractivity contribution in [3.63, 3.8) is 0 Å². The fourth-order valence-corrected chi connectivity index (χ4v) is 2.52. The molecular formula is C20H17NO2. The number of carbonyl (C=O) groups is 1. The number of carbonyl (C=O) groups excluding carboxylic acids is 1. The van der Waals surface area contributed by atoms with E-state index in [-0.39, 0.29) is 5.78 Å². The number of benzene rings is 2. The summed E-state index contributed by atoms with van der Waals surface area (Å²) in [4.78, 5) is 16.2. The van der Waals surface area contributed by atoms with E-state index >= 15 is 0 Å². The average molecular weight is 303 g/mol. The summed E-state index contributed by atoms with van der Waals surface area (Å²) >= 11 is 0. The third kappa shape index (κ3) is 3.14. The molecule has 0 amide bonds. The van der Waals surface area contributed by atoms with Gasteiger partial charge in [0.25, 0.3) is 0 Å². The van der Waals surface area contributed by atoms with Crippen LogP contribution in [0.25, 0.3) is 22.4 Å². The highest BCUT2D eigenvalue weighted by atomic mass is 16.5. The number of nitrogens with zero attached hydrogens (tertiary/aromatic N) is 1. The topological polar surface area (TPSA) is 39.2 Å². The Morgan fingerprint density at radius 1 is 0.957 bits per heavy atom. The molecule has 0 aliphatic rings. The molecule has 3 aromatic rings. The number of rotatable bonds is 4. The number of pyridine rings is 1. The molecule has 0 spiro atoms. The van der Waals surface area contributed by atoms with Gasteiger partial charge in [0.2, 0.25) is 0 Å². The lowest BCUT2D eigenvalue weighted by Gasteiger charge is -2.12. The first kappa shape index (κ1) is 15.0. The summed E-state index contributed by atoms with van der Waals surface area (Å²) in [5.74, 6) is 0.850. The second kappa shape index (κ2) is 6.44. The van der Waals surface area contributed by atoms with Crippen LogP contribution in [-0.4, -0.2) is 17.9 Å². The van der Waals surface area contributed by atoms with Crippen molar-refractivity contribution in [1.29, 1.82) is 0 Å². The number of hydrogen-bond donors (Lipinski definition) is 0. The summed E-state index contributed by atoms with van der Waals surface area (Å²) in [6.07, 6.45) is 1.77. The summed E-state index contributed by atoms with van der Waals surface area (Å²) < 4.78 is 5.22. The number of methoxy groups -OCH3 is 1. The van der Waals surface area contributed by atoms with E-state index in [1.165, 1.54) is 0 Å². The normalized spacial score (nSPS) is 10.3. The molecule has 3 heteroatoms. The Hall–Kier alpha value is -2.94. The molecule has 0 bridgehead atoms. The van der Waals surface area contributed by atoms with Crippen molar-refractivity contribution in [2.45, 2.75) is 6.92 Å². The number of hydrogen-bond acceptors (Lipinski definition) is 3. The zero-order chi connectivity index (χ0) is 16.2. The third-order valence-corrected chi connectivity index (χ3v) is 3.77. The van der Waals surface area contributed by atoms with E-state index in [2.05, 4.69) is 4.98 Å². The first-order valence-electron chi connectivity index (χ1n) is 7.40. The minimum Gasteiger partial charge on any atom is -0.497 e. The Bertz CT molecular complexity index is 824. The highest BCUT2D eigenvalue weighted by Gasteiger charge is 2.11. The lowest BCUT2D eigenvalue weighted by Crippen LogP contribution is -1.95. The van der Waals surface area contributed by atoms with Crippen molar-refractivity contribution in [2.75, 3.05) is 7.11 Å². The molecule has 1 aromatic heterocycles. The average Bonchev–Trinajstić information content (AvgIpc) is 2.62. The number of aromatic nitrogens is 1. The van der Waals surface area contributed by atoms with Crippen LogP contribution in [0, 0.1) is 0 Å². The molecule has 0 aliphatic carbocycles. The highest BCUT2D eigenvalue weighted by Crippen LogP contribution is 2.33. The van der Waals surface area contributed by atoms with Gasteiger partial charge in [0.15, 0.2) is 5.78 Å². The maximum Gasteiger partial charge on any atom is 0.159 e. The van der Waals surface area contributed by atoms with Gasteiger partial charge in [-0.05, 0) is 48.4 Å². The Balaban J connectivity index is 2.18. The minimum atomic E-state index is 0.0485. The van der Waals surface area contributed by atoms with Crippen molar-refractivity contribution < 1.29 is 9.53 Å². The van der Waals surface area contributed by atoms with Gasteiger partial charge in [-0.3, -0.25) is 9.78 Å². The van der Waals surface area contributed by atoms with Gasteiger partial charge in [0.05, 0.1) is 12.8 Å². The number of ketones is 1. The monoisotopic (exact) mass is 303 g/mol. The number of Topliss-reactive ketones (excluding diaryl/α,β-unsaturated/α-hetero) is 1. The predicted octanol–water partition coefficient (Wildman–Crippen LogP) is 4.63.